The summed E-state index contributed by atoms with van der Waals surface area (Å²) in [6.07, 6.45) is 26.1. The molecular weight excluding hydrogens is 556 g/mol. The summed E-state index contributed by atoms with van der Waals surface area (Å²) in [5.41, 5.74) is 0.617. The molecule has 3 aliphatic rings. The van der Waals surface area contributed by atoms with Gasteiger partial charge in [-0.3, -0.25) is 0 Å². The van der Waals surface area contributed by atoms with Gasteiger partial charge < -0.3 is 29.5 Å². The van der Waals surface area contributed by atoms with Crippen LogP contribution in [0.25, 0.3) is 0 Å². The van der Waals surface area contributed by atoms with Crippen LogP contribution in [0.15, 0.2) is 11.6 Å². The molecule has 0 aromatic rings. The number of hydrogen-bond acceptors (Lipinski definition) is 7. The molecule has 44 heavy (non-hydrogen) atoms. The number of esters is 1. The van der Waals surface area contributed by atoms with Gasteiger partial charge in [0, 0.05) is 12.0 Å². The Labute approximate surface area is 268 Å². The van der Waals surface area contributed by atoms with E-state index < -0.39 is 12.2 Å². The Morgan fingerprint density at radius 2 is 1.09 bits per heavy atom. The van der Waals surface area contributed by atoms with Crippen molar-refractivity contribution in [2.75, 3.05) is 0 Å². The molecule has 7 nitrogen and oxygen atoms in total. The normalized spacial score (nSPS) is 27.4. The fourth-order valence-electron chi connectivity index (χ4n) is 7.28. The molecule has 0 aliphatic carbocycles. The highest BCUT2D eigenvalue weighted by Crippen LogP contribution is 2.34. The summed E-state index contributed by atoms with van der Waals surface area (Å²) in [6, 6.07) is 0. The van der Waals surface area contributed by atoms with Crippen LogP contribution in [0.4, 0.5) is 0 Å². The summed E-state index contributed by atoms with van der Waals surface area (Å²) in [7, 11) is 0. The lowest BCUT2D eigenvalue weighted by molar-refractivity contribution is -0.139. The van der Waals surface area contributed by atoms with Gasteiger partial charge in [-0.2, -0.15) is 0 Å². The zero-order chi connectivity index (χ0) is 31.6. The van der Waals surface area contributed by atoms with Gasteiger partial charge in [-0.1, -0.05) is 110 Å². The van der Waals surface area contributed by atoms with Gasteiger partial charge >= 0.3 is 5.97 Å². The van der Waals surface area contributed by atoms with Gasteiger partial charge in [0.1, 0.15) is 6.10 Å². The Morgan fingerprint density at radius 3 is 1.52 bits per heavy atom. The Morgan fingerprint density at radius 1 is 0.659 bits per heavy atom. The van der Waals surface area contributed by atoms with Crippen LogP contribution in [0.2, 0.25) is 0 Å². The smallest absolute Gasteiger partial charge is 0.334 e. The molecule has 3 rings (SSSR count). The van der Waals surface area contributed by atoms with E-state index in [9.17, 15) is 20.1 Å². The summed E-state index contributed by atoms with van der Waals surface area (Å²) >= 11 is 0. The van der Waals surface area contributed by atoms with E-state index in [2.05, 4.69) is 6.92 Å². The van der Waals surface area contributed by atoms with Crippen molar-refractivity contribution in [1.82, 2.24) is 0 Å². The number of hydrogen-bond donors (Lipinski definition) is 3. The van der Waals surface area contributed by atoms with Gasteiger partial charge in [0.25, 0.3) is 0 Å². The van der Waals surface area contributed by atoms with E-state index in [1.165, 1.54) is 70.6 Å². The molecule has 0 unspecified atom stereocenters. The first-order chi connectivity index (χ1) is 21.4. The standard InChI is InChI=1S/C37H66O7/c1-3-4-5-6-7-11-14-17-20-31(39)33-22-24-35(43-33)36-25-23-34(44-36)32(40)21-18-15-12-9-8-10-13-16-19-30(38)27-29-26-28(2)42-37(29)41/h26,28,30-36,38-40H,3-25,27H2,1-2H3/t28-,30+,31+,32+,33+,34-,35-,36+/m1/s1. The molecule has 3 heterocycles. The lowest BCUT2D eigenvalue weighted by Gasteiger charge is -2.24. The first kappa shape index (κ1) is 37.5. The Balaban J connectivity index is 1.13. The van der Waals surface area contributed by atoms with Crippen molar-refractivity contribution in [3.8, 4) is 0 Å². The second-order valence-corrected chi connectivity index (χ2v) is 14.0. The molecule has 2 saturated heterocycles. The summed E-state index contributed by atoms with van der Waals surface area (Å²) in [4.78, 5) is 11.7. The number of unbranched alkanes of at least 4 members (excludes halogenated alkanes) is 14. The number of cyclic esters (lactones) is 1. The minimum absolute atomic E-state index is 0.0519. The van der Waals surface area contributed by atoms with Crippen LogP contribution in [0.1, 0.15) is 168 Å². The molecule has 8 atom stereocenters. The zero-order valence-corrected chi connectivity index (χ0v) is 28.1. The van der Waals surface area contributed by atoms with Crippen LogP contribution >= 0.6 is 0 Å². The fraction of sp³-hybridized carbons (Fsp3) is 0.919. The molecule has 7 heteroatoms. The average Bonchev–Trinajstić information content (AvgIpc) is 3.75. The minimum Gasteiger partial charge on any atom is -0.455 e. The van der Waals surface area contributed by atoms with Crippen molar-refractivity contribution in [3.05, 3.63) is 11.6 Å². The number of rotatable bonds is 25. The highest BCUT2D eigenvalue weighted by molar-refractivity contribution is 5.90. The molecule has 0 aromatic heterocycles. The highest BCUT2D eigenvalue weighted by Gasteiger charge is 2.40. The number of ether oxygens (including phenoxy) is 3. The Kier molecular flexibility index (Phi) is 18.5. The third-order valence-electron chi connectivity index (χ3n) is 10.0. The first-order valence-electron chi connectivity index (χ1n) is 18.6. The van der Waals surface area contributed by atoms with Gasteiger partial charge in [0.05, 0.1) is 42.7 Å². The summed E-state index contributed by atoms with van der Waals surface area (Å²) < 4.78 is 17.7. The fourth-order valence-corrected chi connectivity index (χ4v) is 7.28. The maximum absolute atomic E-state index is 11.7. The summed E-state index contributed by atoms with van der Waals surface area (Å²) in [5, 5.41) is 31.6. The predicted molar refractivity (Wildman–Crippen MR) is 175 cm³/mol. The van der Waals surface area contributed by atoms with Crippen molar-refractivity contribution >= 4 is 5.97 Å². The maximum atomic E-state index is 11.7. The van der Waals surface area contributed by atoms with Crippen molar-refractivity contribution in [1.29, 1.82) is 0 Å². The quantitative estimate of drug-likeness (QED) is 0.0703. The molecule has 0 aromatic carbocycles. The van der Waals surface area contributed by atoms with Gasteiger partial charge in [-0.15, -0.1) is 0 Å². The van der Waals surface area contributed by atoms with Crippen LogP contribution in [-0.4, -0.2) is 70.1 Å². The van der Waals surface area contributed by atoms with Gasteiger partial charge in [-0.25, -0.2) is 4.79 Å². The van der Waals surface area contributed by atoms with E-state index in [1.807, 2.05) is 13.0 Å². The van der Waals surface area contributed by atoms with E-state index in [1.54, 1.807) is 0 Å². The third kappa shape index (κ3) is 14.2. The zero-order valence-electron chi connectivity index (χ0n) is 28.1. The molecule has 0 spiro atoms. The summed E-state index contributed by atoms with van der Waals surface area (Å²) in [5.74, 6) is -0.281. The Bertz CT molecular complexity index is 801. The van der Waals surface area contributed by atoms with Gasteiger partial charge in [0.2, 0.25) is 0 Å². The van der Waals surface area contributed by atoms with E-state index in [0.29, 0.717) is 12.0 Å². The van der Waals surface area contributed by atoms with Crippen LogP contribution < -0.4 is 0 Å². The number of aliphatic hydroxyl groups is 3. The predicted octanol–water partition coefficient (Wildman–Crippen LogP) is 7.86. The van der Waals surface area contributed by atoms with E-state index >= 15 is 0 Å². The van der Waals surface area contributed by atoms with Crippen LogP contribution in [-0.2, 0) is 19.0 Å². The molecule has 256 valence electrons. The van der Waals surface area contributed by atoms with Crippen molar-refractivity contribution in [2.45, 2.75) is 217 Å². The van der Waals surface area contributed by atoms with Crippen molar-refractivity contribution < 1.29 is 34.3 Å². The van der Waals surface area contributed by atoms with E-state index in [4.69, 9.17) is 14.2 Å². The second-order valence-electron chi connectivity index (χ2n) is 14.0. The number of carbonyl (C=O) groups excluding carboxylic acids is 1. The molecular formula is C37H66O7. The lowest BCUT2D eigenvalue weighted by atomic mass is 10.00. The maximum Gasteiger partial charge on any atom is 0.334 e. The highest BCUT2D eigenvalue weighted by atomic mass is 16.6. The van der Waals surface area contributed by atoms with Crippen molar-refractivity contribution in [2.24, 2.45) is 0 Å². The third-order valence-corrected chi connectivity index (χ3v) is 10.0. The topological polar surface area (TPSA) is 105 Å². The summed E-state index contributed by atoms with van der Waals surface area (Å²) in [6.45, 7) is 4.09. The van der Waals surface area contributed by atoms with Crippen molar-refractivity contribution in [3.63, 3.8) is 0 Å². The number of aliphatic hydroxyl groups excluding tert-OH is 3. The van der Waals surface area contributed by atoms with Crippen LogP contribution in [0, 0.1) is 0 Å². The molecule has 2 fully saturated rings. The largest absolute Gasteiger partial charge is 0.455 e. The van der Waals surface area contributed by atoms with E-state index in [0.717, 1.165) is 77.0 Å². The lowest BCUT2D eigenvalue weighted by Crippen LogP contribution is -2.33. The monoisotopic (exact) mass is 622 g/mol. The molecule has 3 N–H and O–H groups in total. The SMILES string of the molecule is CCCCCCCCCC[C@H](O)[C@@H]1CC[C@H]([C@@H]2CC[C@H]([C@@H](O)CCCCCCCCCC[C@H](O)CC3=C[C@@H](C)OC3=O)O2)O1. The van der Waals surface area contributed by atoms with Crippen LogP contribution in [0.5, 0.6) is 0 Å². The molecule has 0 bridgehead atoms. The van der Waals surface area contributed by atoms with Gasteiger partial charge in [-0.05, 0) is 57.9 Å². The van der Waals surface area contributed by atoms with Crippen LogP contribution in [0.3, 0.4) is 0 Å². The number of carbonyl (C=O) groups is 1. The Hall–Kier alpha value is -0.990. The molecule has 0 saturated carbocycles. The molecule has 0 radical (unpaired) electrons. The minimum atomic E-state index is -0.463. The average molecular weight is 623 g/mol. The molecule has 3 aliphatic heterocycles. The van der Waals surface area contributed by atoms with Gasteiger partial charge in [0.15, 0.2) is 0 Å². The second kappa shape index (κ2) is 21.7. The molecule has 0 amide bonds. The van der Waals surface area contributed by atoms with E-state index in [-0.39, 0.29) is 42.6 Å². The first-order valence-corrected chi connectivity index (χ1v) is 18.6.